The summed E-state index contributed by atoms with van der Waals surface area (Å²) >= 11 is 0. The molecule has 0 radical (unpaired) electrons. The van der Waals surface area contributed by atoms with E-state index < -0.39 is 47.9 Å². The maximum absolute atomic E-state index is 13.6. The second-order valence-corrected chi connectivity index (χ2v) is 24.8. The fourth-order valence-corrected chi connectivity index (χ4v) is 16.6. The molecule has 4 saturated carbocycles. The second kappa shape index (κ2) is 20.2. The SMILES string of the molecule is COCCC[C@H]1Oc2c3cc(c4cc(O)ccc24)OCC#C[C@@H]2CN[C@]4(CCC5(CCCC5)C4)N[C@]24[C@H](O[C@@H]3[C@@H]1[C@H]1COc2c(Cc3cc(O)ccc3-c3cccc(O)c3)cc(OC3CCCC3)cc2[C@H]1O)[C@@H]1C=C[C@H]4C[C@H]1O. The molecule has 4 heterocycles. The zero-order chi connectivity index (χ0) is 53.6. The van der Waals surface area contributed by atoms with E-state index in [0.29, 0.717) is 78.2 Å². The minimum Gasteiger partial charge on any atom is -0.508 e. The molecule has 4 aliphatic heterocycles. The maximum atomic E-state index is 13.6. The largest absolute Gasteiger partial charge is 0.508 e. The number of methoxy groups -OCH3 is 1. The number of ether oxygens (including phenoxy) is 6. The Labute approximate surface area is 462 Å². The number of aliphatic hydroxyl groups excluding tert-OH is 2. The predicted molar refractivity (Wildman–Crippen MR) is 298 cm³/mol. The van der Waals surface area contributed by atoms with E-state index in [1.54, 1.807) is 43.5 Å². The molecule has 414 valence electrons. The molecular weight excluding hydrogens is 997 g/mol. The van der Waals surface area contributed by atoms with Gasteiger partial charge in [0.05, 0.1) is 54.2 Å². The van der Waals surface area contributed by atoms with Crippen LogP contribution in [0.1, 0.15) is 124 Å². The lowest BCUT2D eigenvalue weighted by Gasteiger charge is -2.64. The minimum absolute atomic E-state index is 0.0323. The number of hydrogen-bond donors (Lipinski definition) is 7. The zero-order valence-corrected chi connectivity index (χ0v) is 45.1. The molecule has 5 aromatic rings. The van der Waals surface area contributed by atoms with Crippen molar-refractivity contribution in [3.8, 4) is 63.2 Å². The summed E-state index contributed by atoms with van der Waals surface area (Å²) in [5.41, 5.74) is 3.94. The Bertz CT molecular complexity index is 3250. The van der Waals surface area contributed by atoms with E-state index in [-0.39, 0.29) is 60.0 Å². The van der Waals surface area contributed by atoms with E-state index in [2.05, 4.69) is 34.6 Å². The highest BCUT2D eigenvalue weighted by atomic mass is 16.5. The fourth-order valence-electron chi connectivity index (χ4n) is 16.6. The summed E-state index contributed by atoms with van der Waals surface area (Å²) in [4.78, 5) is 0. The topological polar surface area (TPSA) is 181 Å². The average molecular weight is 1070 g/mol. The molecule has 1 saturated heterocycles. The van der Waals surface area contributed by atoms with Gasteiger partial charge in [0.2, 0.25) is 0 Å². The third-order valence-corrected chi connectivity index (χ3v) is 20.2. The Kier molecular flexibility index (Phi) is 13.1. The molecule has 5 aromatic carbocycles. The summed E-state index contributed by atoms with van der Waals surface area (Å²) < 4.78 is 42.1. The van der Waals surface area contributed by atoms with Gasteiger partial charge in [-0.3, -0.25) is 10.6 Å². The molecule has 0 unspecified atom stereocenters. The van der Waals surface area contributed by atoms with Gasteiger partial charge in [-0.15, -0.1) is 0 Å². The Hall–Kier alpha value is -5.98. The number of hydrogen-bond acceptors (Lipinski definition) is 13. The first-order valence-electron chi connectivity index (χ1n) is 29.4. The third kappa shape index (κ3) is 8.91. The van der Waals surface area contributed by atoms with Gasteiger partial charge in [0.1, 0.15) is 53.0 Å². The van der Waals surface area contributed by atoms with Gasteiger partial charge in [-0.2, -0.15) is 0 Å². The average Bonchev–Trinajstić information content (AvgIpc) is 2.97. The van der Waals surface area contributed by atoms with Crippen molar-refractivity contribution in [1.82, 2.24) is 10.6 Å². The molecule has 4 bridgehead atoms. The van der Waals surface area contributed by atoms with Crippen LogP contribution < -0.4 is 29.6 Å². The van der Waals surface area contributed by atoms with Crippen LogP contribution in [0.3, 0.4) is 0 Å². The Morgan fingerprint density at radius 3 is 2.47 bits per heavy atom. The van der Waals surface area contributed by atoms with Gasteiger partial charge in [-0.25, -0.2) is 0 Å². The smallest absolute Gasteiger partial charge is 0.149 e. The molecule has 12 atom stereocenters. The van der Waals surface area contributed by atoms with Crippen LogP contribution in [0.5, 0.6) is 40.2 Å². The highest BCUT2D eigenvalue weighted by Gasteiger charge is 2.66. The number of aromatic hydroxyl groups is 3. The first kappa shape index (κ1) is 51.2. The molecule has 0 aromatic heterocycles. The Morgan fingerprint density at radius 1 is 0.797 bits per heavy atom. The molecule has 10 aliphatic rings. The van der Waals surface area contributed by atoms with E-state index in [1.165, 1.54) is 25.7 Å². The van der Waals surface area contributed by atoms with Crippen LogP contribution in [0.4, 0.5) is 0 Å². The van der Waals surface area contributed by atoms with Crippen LogP contribution >= 0.6 is 0 Å². The highest BCUT2D eigenvalue weighted by molar-refractivity contribution is 5.96. The second-order valence-electron chi connectivity index (χ2n) is 24.8. The number of nitrogens with one attached hydrogen (secondary N) is 2. The third-order valence-electron chi connectivity index (χ3n) is 20.2. The van der Waals surface area contributed by atoms with E-state index in [9.17, 15) is 25.5 Å². The van der Waals surface area contributed by atoms with Gasteiger partial charge < -0.3 is 54.0 Å². The summed E-state index contributed by atoms with van der Waals surface area (Å²) in [7, 11) is 1.71. The van der Waals surface area contributed by atoms with Crippen LogP contribution in [0.25, 0.3) is 21.9 Å². The fraction of sp³-hybridized carbons (Fsp3) is 0.515. The summed E-state index contributed by atoms with van der Waals surface area (Å²) in [5, 5.41) is 68.4. The van der Waals surface area contributed by atoms with Gasteiger partial charge in [0.25, 0.3) is 0 Å². The summed E-state index contributed by atoms with van der Waals surface area (Å²) in [6.45, 7) is 1.40. The van der Waals surface area contributed by atoms with Crippen molar-refractivity contribution in [3.05, 3.63) is 113 Å². The summed E-state index contributed by atoms with van der Waals surface area (Å²) in [6, 6.07) is 23.7. The quantitative estimate of drug-likeness (QED) is 0.0399. The first-order chi connectivity index (χ1) is 38.5. The van der Waals surface area contributed by atoms with Crippen molar-refractivity contribution in [2.45, 2.75) is 144 Å². The molecule has 3 spiro atoms. The molecule has 0 amide bonds. The van der Waals surface area contributed by atoms with Gasteiger partial charge in [0.15, 0.2) is 0 Å². The maximum Gasteiger partial charge on any atom is 0.149 e. The van der Waals surface area contributed by atoms with Gasteiger partial charge in [0, 0.05) is 77.8 Å². The van der Waals surface area contributed by atoms with Crippen LogP contribution in [0, 0.1) is 46.8 Å². The molecule has 15 rings (SSSR count). The molecule has 5 fully saturated rings. The van der Waals surface area contributed by atoms with Crippen molar-refractivity contribution in [3.63, 3.8) is 0 Å². The number of fused-ring (bicyclic) bond motifs is 6. The molecule has 79 heavy (non-hydrogen) atoms. The first-order valence-corrected chi connectivity index (χ1v) is 29.4. The molecule has 7 N–H and O–H groups in total. The zero-order valence-electron chi connectivity index (χ0n) is 45.1. The standard InChI is InChI=1S/C66H74N2O11/c1-74-25-8-14-56-58(54-36-76-60-40(30-47(33-52(60)59(54)73)77-46-12-2-3-13-46)27-39-29-44(70)16-19-48(39)38-9-6-11-43(69)28-38)62-53-34-57(51-32-45(71)17-20-49(51)61(53)78-56)75-26-7-10-42-35-67-65(24-23-64(37-65)21-4-5-22-64)68-66(42)41-15-18-50(55(72)31-41)63(66)79-62/h6,9,11,15-20,28-30,32-34,41-42,46,50,54-56,58-59,62-63,67-73H,2-5,8,12-14,21-27,31,35-37H2,1H3/t41-,42+,50+,54+,55+,56+,58+,59+,62-,63+,65+,66-/m0/s1. The number of phenolic OH excluding ortho intramolecular Hbond substituents is 3. The normalized spacial score (nSPS) is 32.9. The number of phenols is 3. The van der Waals surface area contributed by atoms with Crippen molar-refractivity contribution in [2.75, 3.05) is 33.5 Å². The lowest BCUT2D eigenvalue weighted by Crippen LogP contribution is -2.82. The van der Waals surface area contributed by atoms with Crippen molar-refractivity contribution >= 4 is 10.8 Å². The van der Waals surface area contributed by atoms with E-state index >= 15 is 0 Å². The van der Waals surface area contributed by atoms with Crippen molar-refractivity contribution in [2.24, 2.45) is 35.0 Å². The van der Waals surface area contributed by atoms with Crippen LogP contribution in [0.2, 0.25) is 0 Å². The highest BCUT2D eigenvalue weighted by Crippen LogP contribution is 2.61. The molecule has 6 aliphatic carbocycles. The number of rotatable bonds is 10. The summed E-state index contributed by atoms with van der Waals surface area (Å²) in [6.07, 6.45) is 15.5. The monoisotopic (exact) mass is 1070 g/mol. The van der Waals surface area contributed by atoms with E-state index in [4.69, 9.17) is 28.4 Å². The number of benzene rings is 5. The lowest BCUT2D eigenvalue weighted by molar-refractivity contribution is -0.209. The van der Waals surface area contributed by atoms with Gasteiger partial charge in [-0.1, -0.05) is 55.0 Å². The summed E-state index contributed by atoms with van der Waals surface area (Å²) in [5.74, 6) is 8.21. The molecule has 13 nitrogen and oxygen atoms in total. The van der Waals surface area contributed by atoms with Crippen LogP contribution in [-0.2, 0) is 15.9 Å². The Balaban J connectivity index is 0.922. The van der Waals surface area contributed by atoms with Crippen molar-refractivity contribution < 1.29 is 54.0 Å². The lowest BCUT2D eigenvalue weighted by atomic mass is 9.55. The predicted octanol–water partition coefficient (Wildman–Crippen LogP) is 10.5. The molecule has 13 heteroatoms. The minimum atomic E-state index is -1.08. The van der Waals surface area contributed by atoms with Gasteiger partial charge >= 0.3 is 0 Å². The van der Waals surface area contributed by atoms with Crippen LogP contribution in [-0.4, -0.2) is 94.6 Å². The Morgan fingerprint density at radius 2 is 1.63 bits per heavy atom. The van der Waals surface area contributed by atoms with Crippen LogP contribution in [0.15, 0.2) is 91.0 Å². The van der Waals surface area contributed by atoms with Crippen molar-refractivity contribution in [1.29, 1.82) is 0 Å². The van der Waals surface area contributed by atoms with Gasteiger partial charge in [-0.05, 0) is 160 Å². The number of aliphatic hydroxyl groups is 2. The molecular formula is C66H74N2O11. The van der Waals surface area contributed by atoms with E-state index in [0.717, 1.165) is 78.1 Å². The van der Waals surface area contributed by atoms with E-state index in [1.807, 2.05) is 42.5 Å².